The van der Waals surface area contributed by atoms with E-state index in [0.717, 1.165) is 18.4 Å². The summed E-state index contributed by atoms with van der Waals surface area (Å²) >= 11 is 4.90. The van der Waals surface area contributed by atoms with E-state index in [9.17, 15) is 4.79 Å². The first-order chi connectivity index (χ1) is 9.04. The van der Waals surface area contributed by atoms with E-state index in [1.54, 1.807) is 31.2 Å². The fourth-order valence-corrected chi connectivity index (χ4v) is 1.64. The number of benzene rings is 1. The molecule has 0 saturated heterocycles. The second-order valence-corrected chi connectivity index (χ2v) is 4.74. The Hall–Kier alpha value is -1.62. The average Bonchev–Trinajstić information content (AvgIpc) is 2.39. The molecule has 0 spiro atoms. The Morgan fingerprint density at radius 2 is 2.26 bits per heavy atom. The van der Waals surface area contributed by atoms with Crippen LogP contribution in [0.3, 0.4) is 0 Å². The number of nitrogens with one attached hydrogen (secondary N) is 1. The lowest BCUT2D eigenvalue weighted by Gasteiger charge is -2.15. The third-order valence-electron chi connectivity index (χ3n) is 2.63. The molecule has 0 saturated carbocycles. The molecule has 0 bridgehead atoms. The number of carbonyl (C=O) groups excluding carboxylic acids is 1. The minimum Gasteiger partial charge on any atom is -0.481 e. The fourth-order valence-electron chi connectivity index (χ4n) is 1.51. The van der Waals surface area contributed by atoms with Crippen molar-refractivity contribution in [2.24, 2.45) is 5.73 Å². The summed E-state index contributed by atoms with van der Waals surface area (Å²) < 4.78 is 5.57. The van der Waals surface area contributed by atoms with Crippen molar-refractivity contribution < 1.29 is 9.53 Å². The second kappa shape index (κ2) is 7.74. The summed E-state index contributed by atoms with van der Waals surface area (Å²) in [5.41, 5.74) is 6.28. The number of thiocarbonyl (C=S) groups is 1. The summed E-state index contributed by atoms with van der Waals surface area (Å²) in [6.07, 6.45) is 1.47. The van der Waals surface area contributed by atoms with E-state index >= 15 is 0 Å². The first kappa shape index (κ1) is 15.4. The molecule has 19 heavy (non-hydrogen) atoms. The van der Waals surface area contributed by atoms with Gasteiger partial charge in [-0.3, -0.25) is 4.79 Å². The zero-order valence-corrected chi connectivity index (χ0v) is 12.1. The van der Waals surface area contributed by atoms with Crippen LogP contribution in [-0.2, 0) is 4.79 Å². The van der Waals surface area contributed by atoms with E-state index in [2.05, 4.69) is 12.2 Å². The molecule has 1 amide bonds. The van der Waals surface area contributed by atoms with Gasteiger partial charge in [-0.05, 0) is 25.5 Å². The van der Waals surface area contributed by atoms with Crippen LogP contribution in [0.25, 0.3) is 0 Å². The van der Waals surface area contributed by atoms with Gasteiger partial charge in [0, 0.05) is 12.1 Å². The Kier molecular flexibility index (Phi) is 6.29. The maximum atomic E-state index is 11.8. The molecule has 4 nitrogen and oxygen atoms in total. The van der Waals surface area contributed by atoms with Crippen molar-refractivity contribution in [3.8, 4) is 5.75 Å². The molecular formula is C14H20N2O2S. The summed E-state index contributed by atoms with van der Waals surface area (Å²) in [5.74, 6) is 0.470. The summed E-state index contributed by atoms with van der Waals surface area (Å²) in [4.78, 5) is 12.1. The van der Waals surface area contributed by atoms with Crippen LogP contribution in [-0.4, -0.2) is 23.5 Å². The van der Waals surface area contributed by atoms with Crippen LogP contribution in [0, 0.1) is 0 Å². The molecule has 0 aliphatic heterocycles. The van der Waals surface area contributed by atoms with Crippen LogP contribution in [0.15, 0.2) is 24.3 Å². The number of carbonyl (C=O) groups is 1. The van der Waals surface area contributed by atoms with Crippen molar-refractivity contribution in [2.75, 3.05) is 6.54 Å². The van der Waals surface area contributed by atoms with Gasteiger partial charge in [0.2, 0.25) is 0 Å². The Balaban J connectivity index is 2.56. The van der Waals surface area contributed by atoms with Gasteiger partial charge in [0.1, 0.15) is 10.7 Å². The van der Waals surface area contributed by atoms with Gasteiger partial charge < -0.3 is 15.8 Å². The van der Waals surface area contributed by atoms with Crippen LogP contribution in [0.1, 0.15) is 32.3 Å². The highest BCUT2D eigenvalue weighted by Gasteiger charge is 2.14. The molecule has 0 heterocycles. The lowest BCUT2D eigenvalue weighted by Crippen LogP contribution is -2.36. The van der Waals surface area contributed by atoms with Gasteiger partial charge in [-0.15, -0.1) is 0 Å². The zero-order valence-electron chi connectivity index (χ0n) is 11.3. The van der Waals surface area contributed by atoms with E-state index in [1.165, 1.54) is 0 Å². The molecule has 0 aliphatic carbocycles. The smallest absolute Gasteiger partial charge is 0.260 e. The Morgan fingerprint density at radius 1 is 1.53 bits per heavy atom. The molecule has 1 unspecified atom stereocenters. The molecule has 1 aromatic carbocycles. The molecule has 1 aromatic rings. The third-order valence-corrected chi connectivity index (χ3v) is 2.87. The Bertz CT molecular complexity index is 449. The van der Waals surface area contributed by atoms with Crippen LogP contribution in [0.2, 0.25) is 0 Å². The zero-order chi connectivity index (χ0) is 14.3. The van der Waals surface area contributed by atoms with Crippen molar-refractivity contribution in [1.29, 1.82) is 0 Å². The first-order valence-corrected chi connectivity index (χ1v) is 6.79. The highest BCUT2D eigenvalue weighted by Crippen LogP contribution is 2.15. The van der Waals surface area contributed by atoms with Crippen LogP contribution >= 0.6 is 12.2 Å². The number of unbranched alkanes of at least 4 members (excludes halogenated alkanes) is 1. The molecule has 1 atom stereocenters. The molecule has 0 aliphatic rings. The normalized spacial score (nSPS) is 11.7. The van der Waals surface area contributed by atoms with Gasteiger partial charge in [-0.25, -0.2) is 0 Å². The fraction of sp³-hybridized carbons (Fsp3) is 0.429. The van der Waals surface area contributed by atoms with Gasteiger partial charge >= 0.3 is 0 Å². The van der Waals surface area contributed by atoms with Crippen molar-refractivity contribution >= 4 is 23.1 Å². The number of nitrogens with two attached hydrogens (primary N) is 1. The van der Waals surface area contributed by atoms with E-state index < -0.39 is 6.10 Å². The van der Waals surface area contributed by atoms with Gasteiger partial charge in [0.25, 0.3) is 5.91 Å². The largest absolute Gasteiger partial charge is 0.481 e. The minimum absolute atomic E-state index is 0.117. The number of amides is 1. The molecule has 1 rings (SSSR count). The molecule has 5 heteroatoms. The lowest BCUT2D eigenvalue weighted by atomic mass is 10.2. The maximum absolute atomic E-state index is 11.8. The lowest BCUT2D eigenvalue weighted by molar-refractivity contribution is -0.127. The summed E-state index contributed by atoms with van der Waals surface area (Å²) in [6.45, 7) is 4.47. The quantitative estimate of drug-likeness (QED) is 0.592. The predicted octanol–water partition coefficient (Wildman–Crippen LogP) is 2.00. The second-order valence-electron chi connectivity index (χ2n) is 4.30. The topological polar surface area (TPSA) is 64.3 Å². The monoisotopic (exact) mass is 280 g/mol. The van der Waals surface area contributed by atoms with Crippen LogP contribution in [0.5, 0.6) is 5.75 Å². The van der Waals surface area contributed by atoms with Gasteiger partial charge in [-0.2, -0.15) is 0 Å². The summed E-state index contributed by atoms with van der Waals surface area (Å²) in [7, 11) is 0. The summed E-state index contributed by atoms with van der Waals surface area (Å²) in [6, 6.07) is 7.11. The number of ether oxygens (including phenoxy) is 1. The maximum Gasteiger partial charge on any atom is 0.260 e. The standard InChI is InChI=1S/C14H20N2O2S/c1-3-4-8-16-14(17)10(2)18-12-7-5-6-11(9-12)13(15)19/h5-7,9-10H,3-4,8H2,1-2H3,(H2,15,19)(H,16,17). The van der Waals surface area contributed by atoms with Crippen LogP contribution < -0.4 is 15.8 Å². The number of rotatable bonds is 7. The molecule has 104 valence electrons. The molecule has 0 fully saturated rings. The molecule has 0 radical (unpaired) electrons. The van der Waals surface area contributed by atoms with Crippen molar-refractivity contribution in [1.82, 2.24) is 5.32 Å². The third kappa shape index (κ3) is 5.26. The molecule has 0 aromatic heterocycles. The number of hydrogen-bond donors (Lipinski definition) is 2. The first-order valence-electron chi connectivity index (χ1n) is 6.38. The molecular weight excluding hydrogens is 260 g/mol. The van der Waals surface area contributed by atoms with E-state index in [4.69, 9.17) is 22.7 Å². The SMILES string of the molecule is CCCCNC(=O)C(C)Oc1cccc(C(N)=S)c1. The van der Waals surface area contributed by atoms with E-state index in [1.807, 2.05) is 0 Å². The summed E-state index contributed by atoms with van der Waals surface area (Å²) in [5, 5.41) is 2.83. The highest BCUT2D eigenvalue weighted by atomic mass is 32.1. The van der Waals surface area contributed by atoms with Crippen LogP contribution in [0.4, 0.5) is 0 Å². The Labute approximate surface area is 119 Å². The van der Waals surface area contributed by atoms with Gasteiger partial charge in [0.15, 0.2) is 6.10 Å². The van der Waals surface area contributed by atoms with Crippen molar-refractivity contribution in [3.05, 3.63) is 29.8 Å². The van der Waals surface area contributed by atoms with E-state index in [-0.39, 0.29) is 5.91 Å². The Morgan fingerprint density at radius 3 is 2.89 bits per heavy atom. The number of hydrogen-bond acceptors (Lipinski definition) is 3. The highest BCUT2D eigenvalue weighted by molar-refractivity contribution is 7.80. The van der Waals surface area contributed by atoms with Crippen molar-refractivity contribution in [2.45, 2.75) is 32.8 Å². The minimum atomic E-state index is -0.543. The van der Waals surface area contributed by atoms with Crippen molar-refractivity contribution in [3.63, 3.8) is 0 Å². The predicted molar refractivity (Wildman–Crippen MR) is 80.3 cm³/mol. The van der Waals surface area contributed by atoms with Gasteiger partial charge in [0.05, 0.1) is 0 Å². The molecule has 3 N–H and O–H groups in total. The van der Waals surface area contributed by atoms with E-state index in [0.29, 0.717) is 17.3 Å². The average molecular weight is 280 g/mol. The van der Waals surface area contributed by atoms with Gasteiger partial charge in [-0.1, -0.05) is 37.7 Å².